The summed E-state index contributed by atoms with van der Waals surface area (Å²) in [6.07, 6.45) is 3.57. The molecule has 1 amide bonds. The average molecular weight is 184 g/mol. The van der Waals surface area contributed by atoms with Gasteiger partial charge >= 0.3 is 0 Å². The maximum Gasteiger partial charge on any atom is 0.263 e. The molecule has 0 aromatic rings. The summed E-state index contributed by atoms with van der Waals surface area (Å²) in [6, 6.07) is 0.577. The third kappa shape index (κ3) is 1.44. The highest BCUT2D eigenvalue weighted by atomic mass is 16.7. The van der Waals surface area contributed by atoms with Gasteiger partial charge in [-0.3, -0.25) is 9.63 Å². The highest BCUT2D eigenvalue weighted by molar-refractivity contribution is 5.81. The van der Waals surface area contributed by atoms with Gasteiger partial charge in [0.05, 0.1) is 13.2 Å². The molecule has 0 radical (unpaired) electrons. The van der Waals surface area contributed by atoms with E-state index >= 15 is 0 Å². The van der Waals surface area contributed by atoms with E-state index in [-0.39, 0.29) is 11.9 Å². The van der Waals surface area contributed by atoms with Crippen LogP contribution >= 0.6 is 0 Å². The number of carbonyl (C=O) groups is 1. The molecule has 4 nitrogen and oxygen atoms in total. The molecule has 3 atom stereocenters. The highest BCUT2D eigenvalue weighted by Gasteiger charge is 2.43. The number of hydrogen-bond donors (Lipinski definition) is 1. The Balaban J connectivity index is 1.98. The molecule has 74 valence electrons. The minimum Gasteiger partial charge on any atom is -0.303 e. The lowest BCUT2D eigenvalue weighted by Crippen LogP contribution is -2.47. The van der Waals surface area contributed by atoms with Gasteiger partial charge in [-0.1, -0.05) is 0 Å². The quantitative estimate of drug-likeness (QED) is 0.621. The summed E-state index contributed by atoms with van der Waals surface area (Å²) < 4.78 is 0. The van der Waals surface area contributed by atoms with Crippen LogP contribution in [-0.2, 0) is 9.63 Å². The van der Waals surface area contributed by atoms with Crippen molar-refractivity contribution in [2.45, 2.75) is 31.3 Å². The number of nitrogens with zero attached hydrogens (tertiary/aromatic N) is 1. The summed E-state index contributed by atoms with van der Waals surface area (Å²) in [6.45, 7) is 0. The van der Waals surface area contributed by atoms with E-state index in [0.29, 0.717) is 12.0 Å². The molecule has 2 rings (SSSR count). The van der Waals surface area contributed by atoms with Crippen molar-refractivity contribution in [1.82, 2.24) is 10.4 Å². The molecule has 2 fully saturated rings. The lowest BCUT2D eigenvalue weighted by Gasteiger charge is -2.25. The molecular formula is C9H16N2O2. The molecule has 2 aliphatic rings. The monoisotopic (exact) mass is 184 g/mol. The second kappa shape index (κ2) is 3.27. The normalized spacial score (nSPS) is 36.6. The van der Waals surface area contributed by atoms with Crippen molar-refractivity contribution < 1.29 is 9.63 Å². The Morgan fingerprint density at radius 2 is 2.31 bits per heavy atom. The molecule has 1 aliphatic heterocycles. The summed E-state index contributed by atoms with van der Waals surface area (Å²) in [5.74, 6) is 0.602. The van der Waals surface area contributed by atoms with Gasteiger partial charge in [-0.15, -0.1) is 0 Å². The smallest absolute Gasteiger partial charge is 0.263 e. The molecule has 0 aromatic heterocycles. The van der Waals surface area contributed by atoms with Crippen molar-refractivity contribution in [3.63, 3.8) is 0 Å². The Kier molecular flexibility index (Phi) is 2.26. The van der Waals surface area contributed by atoms with Crippen LogP contribution in [0.4, 0.5) is 0 Å². The topological polar surface area (TPSA) is 41.6 Å². The summed E-state index contributed by atoms with van der Waals surface area (Å²) in [7, 11) is 3.18. The Morgan fingerprint density at radius 3 is 2.77 bits per heavy atom. The number of piperidine rings is 1. The second-order valence-corrected chi connectivity index (χ2v) is 3.93. The van der Waals surface area contributed by atoms with Crippen LogP contribution < -0.4 is 5.32 Å². The first-order valence-corrected chi connectivity index (χ1v) is 4.80. The first kappa shape index (κ1) is 8.97. The predicted octanol–water partition coefficient (Wildman–Crippen LogP) is 0.147. The van der Waals surface area contributed by atoms with Crippen molar-refractivity contribution in [1.29, 1.82) is 0 Å². The summed E-state index contributed by atoms with van der Waals surface area (Å²) in [5.41, 5.74) is 0. The third-order valence-corrected chi connectivity index (χ3v) is 3.21. The lowest BCUT2D eigenvalue weighted by atomic mass is 9.99. The van der Waals surface area contributed by atoms with Crippen molar-refractivity contribution in [2.24, 2.45) is 5.92 Å². The molecule has 4 heteroatoms. The standard InChI is InChI=1S/C9H16N2O2/c1-11(13-2)9(12)8-6-3-4-7(5-6)10-8/h6-8,10H,3-5H2,1-2H3. The third-order valence-electron chi connectivity index (χ3n) is 3.21. The maximum atomic E-state index is 11.7. The van der Waals surface area contributed by atoms with E-state index in [1.165, 1.54) is 25.0 Å². The molecular weight excluding hydrogens is 168 g/mol. The van der Waals surface area contributed by atoms with Crippen molar-refractivity contribution >= 4 is 5.91 Å². The number of fused-ring (bicyclic) bond motifs is 2. The zero-order valence-electron chi connectivity index (χ0n) is 8.12. The maximum absolute atomic E-state index is 11.7. The molecule has 0 aromatic carbocycles. The fourth-order valence-corrected chi connectivity index (χ4v) is 2.42. The molecule has 3 unspecified atom stereocenters. The SMILES string of the molecule is CON(C)C(=O)C1NC2CCC1C2. The van der Waals surface area contributed by atoms with Gasteiger partial charge < -0.3 is 5.32 Å². The van der Waals surface area contributed by atoms with Gasteiger partial charge in [0.2, 0.25) is 0 Å². The van der Waals surface area contributed by atoms with Crippen molar-refractivity contribution in [3.05, 3.63) is 0 Å². The Hall–Kier alpha value is -0.610. The Bertz CT molecular complexity index is 220. The fourth-order valence-electron chi connectivity index (χ4n) is 2.42. The van der Waals surface area contributed by atoms with E-state index in [4.69, 9.17) is 4.84 Å². The van der Waals surface area contributed by atoms with E-state index < -0.39 is 0 Å². The van der Waals surface area contributed by atoms with E-state index in [0.717, 1.165) is 6.42 Å². The van der Waals surface area contributed by atoms with Crippen LogP contribution in [0.2, 0.25) is 0 Å². The van der Waals surface area contributed by atoms with E-state index in [1.807, 2.05) is 0 Å². The van der Waals surface area contributed by atoms with Gasteiger partial charge in [0.25, 0.3) is 5.91 Å². The largest absolute Gasteiger partial charge is 0.303 e. The van der Waals surface area contributed by atoms with Crippen LogP contribution in [-0.4, -0.2) is 37.2 Å². The van der Waals surface area contributed by atoms with Gasteiger partial charge in [0.15, 0.2) is 0 Å². The molecule has 1 N–H and O–H groups in total. The van der Waals surface area contributed by atoms with Crippen LogP contribution in [0.15, 0.2) is 0 Å². The van der Waals surface area contributed by atoms with Gasteiger partial charge in [-0.25, -0.2) is 5.06 Å². The van der Waals surface area contributed by atoms with E-state index in [2.05, 4.69) is 5.32 Å². The van der Waals surface area contributed by atoms with Crippen LogP contribution in [0.5, 0.6) is 0 Å². The fraction of sp³-hybridized carbons (Fsp3) is 0.889. The second-order valence-electron chi connectivity index (χ2n) is 3.93. The highest BCUT2D eigenvalue weighted by Crippen LogP contribution is 2.35. The number of nitrogens with one attached hydrogen (secondary N) is 1. The van der Waals surface area contributed by atoms with E-state index in [1.54, 1.807) is 7.05 Å². The molecule has 1 saturated heterocycles. The predicted molar refractivity (Wildman–Crippen MR) is 47.8 cm³/mol. The molecule has 13 heavy (non-hydrogen) atoms. The lowest BCUT2D eigenvalue weighted by molar-refractivity contribution is -0.172. The minimum absolute atomic E-state index is 0.00343. The number of hydrogen-bond acceptors (Lipinski definition) is 3. The number of carbonyl (C=O) groups excluding carboxylic acids is 1. The number of likely N-dealkylation sites (N-methyl/N-ethyl adjacent to an activating group) is 1. The Labute approximate surface area is 78.2 Å². The van der Waals surface area contributed by atoms with Gasteiger partial charge in [0, 0.05) is 13.1 Å². The van der Waals surface area contributed by atoms with Crippen molar-refractivity contribution in [3.8, 4) is 0 Å². The number of amides is 1. The average Bonchev–Trinajstić information content (AvgIpc) is 2.76. The zero-order chi connectivity index (χ0) is 9.42. The van der Waals surface area contributed by atoms with Crippen LogP contribution in [0.3, 0.4) is 0 Å². The van der Waals surface area contributed by atoms with Gasteiger partial charge in [0.1, 0.15) is 0 Å². The van der Waals surface area contributed by atoms with Gasteiger partial charge in [-0.2, -0.15) is 0 Å². The van der Waals surface area contributed by atoms with Crippen LogP contribution in [0.1, 0.15) is 19.3 Å². The summed E-state index contributed by atoms with van der Waals surface area (Å²) >= 11 is 0. The molecule has 0 spiro atoms. The summed E-state index contributed by atoms with van der Waals surface area (Å²) in [4.78, 5) is 16.6. The molecule has 1 aliphatic carbocycles. The number of rotatable bonds is 2. The molecule has 1 heterocycles. The zero-order valence-corrected chi connectivity index (χ0v) is 8.12. The van der Waals surface area contributed by atoms with Crippen molar-refractivity contribution in [2.75, 3.05) is 14.2 Å². The van der Waals surface area contributed by atoms with Crippen LogP contribution in [0, 0.1) is 5.92 Å². The Morgan fingerprint density at radius 1 is 1.54 bits per heavy atom. The minimum atomic E-state index is 0.00343. The first-order valence-electron chi connectivity index (χ1n) is 4.80. The van der Waals surface area contributed by atoms with E-state index in [9.17, 15) is 4.79 Å². The van der Waals surface area contributed by atoms with Gasteiger partial charge in [-0.05, 0) is 25.2 Å². The summed E-state index contributed by atoms with van der Waals surface area (Å²) in [5, 5.41) is 4.65. The molecule has 2 bridgehead atoms. The number of hydroxylamine groups is 2. The van der Waals surface area contributed by atoms with Crippen LogP contribution in [0.25, 0.3) is 0 Å². The molecule has 1 saturated carbocycles. The first-order chi connectivity index (χ1) is 6.22.